The van der Waals surface area contributed by atoms with Gasteiger partial charge in [0.1, 0.15) is 11.6 Å². The molecule has 1 amide bonds. The first-order valence-electron chi connectivity index (χ1n) is 6.64. The Kier molecular flexibility index (Phi) is 4.30. The van der Waals surface area contributed by atoms with Crippen LogP contribution in [-0.2, 0) is 24.3 Å². The first-order chi connectivity index (χ1) is 8.72. The van der Waals surface area contributed by atoms with Crippen molar-refractivity contribution >= 4 is 5.91 Å². The van der Waals surface area contributed by atoms with Crippen molar-refractivity contribution in [2.24, 2.45) is 0 Å². The predicted molar refractivity (Wildman–Crippen MR) is 67.9 cm³/mol. The van der Waals surface area contributed by atoms with Crippen LogP contribution in [0.5, 0.6) is 0 Å². The van der Waals surface area contributed by atoms with Crippen molar-refractivity contribution in [3.8, 4) is 0 Å². The highest BCUT2D eigenvalue weighted by Gasteiger charge is 2.17. The Labute approximate surface area is 107 Å². The van der Waals surface area contributed by atoms with Gasteiger partial charge in [0.25, 0.3) is 0 Å². The maximum absolute atomic E-state index is 11.6. The topological polar surface area (TPSA) is 71.8 Å². The van der Waals surface area contributed by atoms with Gasteiger partial charge in [-0.25, -0.2) is 0 Å². The lowest BCUT2D eigenvalue weighted by molar-refractivity contribution is -0.122. The molecule has 1 aromatic rings. The third kappa shape index (κ3) is 2.87. The lowest BCUT2D eigenvalue weighted by atomic mass is 10.1. The largest absolute Gasteiger partial charge is 0.355 e. The molecule has 6 nitrogen and oxygen atoms in total. The molecular formula is C12H21N5O. The minimum Gasteiger partial charge on any atom is -0.355 e. The first kappa shape index (κ1) is 13.0. The standard InChI is InChI=1S/C12H21N5O/c1-3-13-12(18)9(2)14-8-11-16-15-10-6-4-5-7-17(10)11/h9,14H,3-8H2,1-2H3,(H,13,18). The molecule has 0 bridgehead atoms. The van der Waals surface area contributed by atoms with Gasteiger partial charge in [0.2, 0.25) is 5.91 Å². The van der Waals surface area contributed by atoms with Crippen LogP contribution in [0.15, 0.2) is 0 Å². The van der Waals surface area contributed by atoms with Crippen LogP contribution in [0.4, 0.5) is 0 Å². The quantitative estimate of drug-likeness (QED) is 0.786. The lowest BCUT2D eigenvalue weighted by Gasteiger charge is -2.16. The summed E-state index contributed by atoms with van der Waals surface area (Å²) in [6.07, 6.45) is 3.39. The van der Waals surface area contributed by atoms with Crippen LogP contribution in [0.25, 0.3) is 0 Å². The van der Waals surface area contributed by atoms with Crippen molar-refractivity contribution in [1.29, 1.82) is 0 Å². The second kappa shape index (κ2) is 5.95. The number of hydrogen-bond donors (Lipinski definition) is 2. The molecule has 18 heavy (non-hydrogen) atoms. The molecule has 1 aromatic heterocycles. The van der Waals surface area contributed by atoms with Crippen LogP contribution in [0.1, 0.15) is 38.3 Å². The monoisotopic (exact) mass is 251 g/mol. The minimum atomic E-state index is -0.207. The summed E-state index contributed by atoms with van der Waals surface area (Å²) in [5.74, 6) is 2.03. The molecule has 2 rings (SSSR count). The summed E-state index contributed by atoms with van der Waals surface area (Å²) in [7, 11) is 0. The van der Waals surface area contributed by atoms with Crippen LogP contribution in [0, 0.1) is 0 Å². The molecule has 2 N–H and O–H groups in total. The summed E-state index contributed by atoms with van der Waals surface area (Å²) in [6, 6.07) is -0.207. The molecule has 0 spiro atoms. The number of fused-ring (bicyclic) bond motifs is 1. The number of hydrogen-bond acceptors (Lipinski definition) is 4. The van der Waals surface area contributed by atoms with E-state index in [4.69, 9.17) is 0 Å². The fraction of sp³-hybridized carbons (Fsp3) is 0.750. The molecule has 0 saturated carbocycles. The highest BCUT2D eigenvalue weighted by molar-refractivity contribution is 5.81. The number of likely N-dealkylation sites (N-methyl/N-ethyl adjacent to an activating group) is 1. The number of rotatable bonds is 5. The second-order valence-electron chi connectivity index (χ2n) is 4.64. The van der Waals surface area contributed by atoms with Crippen molar-refractivity contribution in [1.82, 2.24) is 25.4 Å². The average Bonchev–Trinajstić information content (AvgIpc) is 2.79. The zero-order valence-electron chi connectivity index (χ0n) is 11.1. The van der Waals surface area contributed by atoms with E-state index in [2.05, 4.69) is 25.4 Å². The SMILES string of the molecule is CCNC(=O)C(C)NCc1nnc2n1CCCC2. The summed E-state index contributed by atoms with van der Waals surface area (Å²) in [5, 5.41) is 14.4. The van der Waals surface area contributed by atoms with Gasteiger partial charge in [0.05, 0.1) is 12.6 Å². The van der Waals surface area contributed by atoms with E-state index in [1.54, 1.807) is 0 Å². The van der Waals surface area contributed by atoms with Crippen LogP contribution in [0.3, 0.4) is 0 Å². The van der Waals surface area contributed by atoms with E-state index in [-0.39, 0.29) is 11.9 Å². The highest BCUT2D eigenvalue weighted by Crippen LogP contribution is 2.13. The van der Waals surface area contributed by atoms with Crippen molar-refractivity contribution in [2.45, 2.75) is 52.2 Å². The van der Waals surface area contributed by atoms with Gasteiger partial charge >= 0.3 is 0 Å². The lowest BCUT2D eigenvalue weighted by Crippen LogP contribution is -2.42. The summed E-state index contributed by atoms with van der Waals surface area (Å²) in [5.41, 5.74) is 0. The van der Waals surface area contributed by atoms with Gasteiger partial charge in [-0.3, -0.25) is 10.1 Å². The fourth-order valence-corrected chi connectivity index (χ4v) is 2.16. The number of aromatic nitrogens is 3. The molecule has 6 heteroatoms. The third-order valence-electron chi connectivity index (χ3n) is 3.25. The Morgan fingerprint density at radius 2 is 2.28 bits per heavy atom. The van der Waals surface area contributed by atoms with Gasteiger partial charge in [-0.15, -0.1) is 10.2 Å². The first-order valence-corrected chi connectivity index (χ1v) is 6.64. The highest BCUT2D eigenvalue weighted by atomic mass is 16.2. The minimum absolute atomic E-state index is 0.0240. The number of nitrogens with one attached hydrogen (secondary N) is 2. The molecule has 0 fully saturated rings. The smallest absolute Gasteiger partial charge is 0.236 e. The van der Waals surface area contributed by atoms with Gasteiger partial charge in [-0.2, -0.15) is 0 Å². The van der Waals surface area contributed by atoms with Gasteiger partial charge < -0.3 is 9.88 Å². The molecule has 1 aliphatic rings. The summed E-state index contributed by atoms with van der Waals surface area (Å²) >= 11 is 0. The summed E-state index contributed by atoms with van der Waals surface area (Å²) in [6.45, 7) is 6.02. The number of amides is 1. The molecule has 0 radical (unpaired) electrons. The van der Waals surface area contributed by atoms with Crippen LogP contribution < -0.4 is 10.6 Å². The van der Waals surface area contributed by atoms with E-state index in [0.29, 0.717) is 13.1 Å². The van der Waals surface area contributed by atoms with Gasteiger partial charge in [-0.1, -0.05) is 0 Å². The number of carbonyl (C=O) groups is 1. The van der Waals surface area contributed by atoms with Gasteiger partial charge in [0, 0.05) is 19.5 Å². The van der Waals surface area contributed by atoms with Crippen molar-refractivity contribution in [3.05, 3.63) is 11.6 Å². The van der Waals surface area contributed by atoms with Crippen LogP contribution in [-0.4, -0.2) is 33.3 Å². The Balaban J connectivity index is 1.90. The van der Waals surface area contributed by atoms with Crippen molar-refractivity contribution < 1.29 is 4.79 Å². The van der Waals surface area contributed by atoms with Crippen LogP contribution >= 0.6 is 0 Å². The van der Waals surface area contributed by atoms with E-state index in [1.165, 1.54) is 12.8 Å². The number of carbonyl (C=O) groups excluding carboxylic acids is 1. The molecule has 2 heterocycles. The van der Waals surface area contributed by atoms with E-state index < -0.39 is 0 Å². The normalized spacial score (nSPS) is 16.1. The molecule has 100 valence electrons. The Bertz CT molecular complexity index is 415. The van der Waals surface area contributed by atoms with E-state index in [9.17, 15) is 4.79 Å². The van der Waals surface area contributed by atoms with Crippen molar-refractivity contribution in [2.75, 3.05) is 6.54 Å². The Morgan fingerprint density at radius 3 is 3.06 bits per heavy atom. The molecule has 0 saturated heterocycles. The number of nitrogens with zero attached hydrogens (tertiary/aromatic N) is 3. The molecule has 1 atom stereocenters. The molecule has 0 aliphatic carbocycles. The predicted octanol–water partition coefficient (Wildman–Crippen LogP) is 0.229. The average molecular weight is 251 g/mol. The summed E-state index contributed by atoms with van der Waals surface area (Å²) in [4.78, 5) is 11.6. The summed E-state index contributed by atoms with van der Waals surface area (Å²) < 4.78 is 2.17. The molecular weight excluding hydrogens is 230 g/mol. The fourth-order valence-electron chi connectivity index (χ4n) is 2.16. The van der Waals surface area contributed by atoms with Gasteiger partial charge in [0.15, 0.2) is 0 Å². The molecule has 0 aromatic carbocycles. The van der Waals surface area contributed by atoms with Gasteiger partial charge in [-0.05, 0) is 26.7 Å². The Morgan fingerprint density at radius 1 is 1.44 bits per heavy atom. The van der Waals surface area contributed by atoms with Crippen LogP contribution in [0.2, 0.25) is 0 Å². The maximum atomic E-state index is 11.6. The number of aryl methyl sites for hydroxylation is 1. The molecule has 1 aliphatic heterocycles. The third-order valence-corrected chi connectivity index (χ3v) is 3.25. The van der Waals surface area contributed by atoms with E-state index >= 15 is 0 Å². The maximum Gasteiger partial charge on any atom is 0.236 e. The Hall–Kier alpha value is -1.43. The van der Waals surface area contributed by atoms with E-state index in [1.807, 2.05) is 13.8 Å². The molecule has 1 unspecified atom stereocenters. The zero-order chi connectivity index (χ0) is 13.0. The van der Waals surface area contributed by atoms with E-state index in [0.717, 1.165) is 24.6 Å². The zero-order valence-corrected chi connectivity index (χ0v) is 11.1. The second-order valence-corrected chi connectivity index (χ2v) is 4.64. The van der Waals surface area contributed by atoms with Crippen molar-refractivity contribution in [3.63, 3.8) is 0 Å².